The van der Waals surface area contributed by atoms with Gasteiger partial charge in [0.05, 0.1) is 31.5 Å². The standard InChI is InChI=1S/C41H62O11S2/c1-3-4-5-6-26-9-12-41(21-26)13-10-30(22-41)52-36-18-28-7-8-29(50-24-43)19-33(45)32(15-27-16-37(49-2)40(48)38(17-27)51-25-44)35(47)23-53-54-39(11-14-42)31(28)20-34(36)46/h16-18,20,26,29-30,32-33,35,39,42-48H,3-15,19,21-25H2,1-2H3/t26-,29+,30-,32+,33-,35-,39+,41+/m1/s1. The number of hydrogen-bond donors (Lipinski definition) is 7. The van der Waals surface area contributed by atoms with Gasteiger partial charge in [0.15, 0.2) is 29.8 Å². The molecule has 5 rings (SSSR count). The fourth-order valence-electron chi connectivity index (χ4n) is 9.05. The molecule has 54 heavy (non-hydrogen) atoms. The summed E-state index contributed by atoms with van der Waals surface area (Å²) in [6, 6.07) is 6.85. The zero-order valence-corrected chi connectivity index (χ0v) is 33.5. The van der Waals surface area contributed by atoms with Crippen LogP contribution in [0, 0.1) is 17.3 Å². The number of aliphatic hydroxyl groups is 5. The van der Waals surface area contributed by atoms with Crippen molar-refractivity contribution in [3.63, 3.8) is 0 Å². The SMILES string of the molecule is CCCCC[C@@H]1CC[C@]2(CC[C@@H](Oc3cc4c(cc3O)[C@H](CCO)SSC[C@@H](O)[C@@H](Cc3cc(OC)c(O)c(OCO)c3)[C@H](O)C[C@@H](OCO)CC4)C2)C1. The highest BCUT2D eigenvalue weighted by molar-refractivity contribution is 8.76. The molecule has 2 aromatic carbocycles. The minimum Gasteiger partial charge on any atom is -0.504 e. The maximum absolute atomic E-state index is 11.7. The van der Waals surface area contributed by atoms with Gasteiger partial charge in [0.25, 0.3) is 0 Å². The van der Waals surface area contributed by atoms with E-state index in [9.17, 15) is 35.7 Å². The largest absolute Gasteiger partial charge is 0.504 e. The first kappa shape index (κ1) is 43.0. The molecule has 0 unspecified atom stereocenters. The number of hydrogen-bond acceptors (Lipinski definition) is 13. The minimum absolute atomic E-state index is 0.0144. The molecule has 8 atom stereocenters. The van der Waals surface area contributed by atoms with Crippen LogP contribution in [0.5, 0.6) is 28.7 Å². The number of phenolic OH excluding ortho intramolecular Hbond substituents is 2. The molecule has 2 aliphatic carbocycles. The van der Waals surface area contributed by atoms with E-state index in [-0.39, 0.29) is 59.6 Å². The molecule has 0 aromatic heterocycles. The second-order valence-electron chi connectivity index (χ2n) is 15.6. The Bertz CT molecular complexity index is 1460. The quantitative estimate of drug-likeness (QED) is 0.0570. The summed E-state index contributed by atoms with van der Waals surface area (Å²) in [5.74, 6) is 0.792. The number of benzene rings is 2. The summed E-state index contributed by atoms with van der Waals surface area (Å²) in [6.07, 6.45) is 11.3. The fraction of sp³-hybridized carbons (Fsp3) is 0.707. The van der Waals surface area contributed by atoms with E-state index in [1.165, 1.54) is 73.6 Å². The number of ether oxygens (including phenoxy) is 4. The van der Waals surface area contributed by atoms with Crippen molar-refractivity contribution >= 4 is 21.6 Å². The van der Waals surface area contributed by atoms with Crippen molar-refractivity contribution in [3.05, 3.63) is 41.0 Å². The van der Waals surface area contributed by atoms with E-state index < -0.39 is 37.8 Å². The van der Waals surface area contributed by atoms with Crippen LogP contribution in [0.2, 0.25) is 0 Å². The van der Waals surface area contributed by atoms with E-state index in [0.29, 0.717) is 36.0 Å². The van der Waals surface area contributed by atoms with Crippen molar-refractivity contribution in [1.82, 2.24) is 0 Å². The Morgan fingerprint density at radius 2 is 1.65 bits per heavy atom. The molecule has 0 bridgehead atoms. The molecule has 1 heterocycles. The number of phenols is 2. The van der Waals surface area contributed by atoms with Gasteiger partial charge in [-0.15, -0.1) is 0 Å². The molecule has 2 aromatic rings. The van der Waals surface area contributed by atoms with Crippen LogP contribution in [0.1, 0.15) is 112 Å². The van der Waals surface area contributed by atoms with Crippen LogP contribution in [0.3, 0.4) is 0 Å². The number of aryl methyl sites for hydroxylation is 1. The summed E-state index contributed by atoms with van der Waals surface area (Å²) >= 11 is 0. The number of aromatic hydroxyl groups is 2. The summed E-state index contributed by atoms with van der Waals surface area (Å²) < 4.78 is 22.9. The molecule has 11 nitrogen and oxygen atoms in total. The minimum atomic E-state index is -1.03. The van der Waals surface area contributed by atoms with E-state index in [0.717, 1.165) is 36.3 Å². The fourth-order valence-corrected chi connectivity index (χ4v) is 12.0. The average Bonchev–Trinajstić information content (AvgIpc) is 3.75. The molecular formula is C41H62O11S2. The lowest BCUT2D eigenvalue weighted by Gasteiger charge is -2.30. The van der Waals surface area contributed by atoms with Gasteiger partial charge in [-0.25, -0.2) is 0 Å². The van der Waals surface area contributed by atoms with E-state index in [4.69, 9.17) is 18.9 Å². The summed E-state index contributed by atoms with van der Waals surface area (Å²) in [6.45, 7) is 0.985. The molecule has 0 saturated heterocycles. The second-order valence-corrected chi connectivity index (χ2v) is 18.2. The van der Waals surface area contributed by atoms with Gasteiger partial charge in [0, 0.05) is 23.5 Å². The molecule has 304 valence electrons. The van der Waals surface area contributed by atoms with Gasteiger partial charge >= 0.3 is 0 Å². The molecule has 0 radical (unpaired) electrons. The molecule has 2 saturated carbocycles. The number of fused-ring (bicyclic) bond motifs is 1. The molecule has 0 amide bonds. The maximum atomic E-state index is 11.7. The first-order chi connectivity index (χ1) is 26.1. The van der Waals surface area contributed by atoms with Gasteiger partial charge < -0.3 is 54.7 Å². The zero-order chi connectivity index (χ0) is 38.7. The Hall–Kier alpha value is -2.10. The number of aliphatic hydroxyl groups excluding tert-OH is 5. The lowest BCUT2D eigenvalue weighted by molar-refractivity contribution is -0.0808. The van der Waals surface area contributed by atoms with Gasteiger partial charge in [-0.05, 0) is 123 Å². The summed E-state index contributed by atoms with van der Waals surface area (Å²) in [4.78, 5) is 0. The number of unbranched alkanes of at least 4 members (excludes halogenated alkanes) is 2. The Balaban J connectivity index is 1.35. The summed E-state index contributed by atoms with van der Waals surface area (Å²) in [5, 5.41) is 74.1. The predicted molar refractivity (Wildman–Crippen MR) is 211 cm³/mol. The summed E-state index contributed by atoms with van der Waals surface area (Å²) in [7, 11) is 4.34. The topological polar surface area (TPSA) is 179 Å². The van der Waals surface area contributed by atoms with Crippen molar-refractivity contribution in [1.29, 1.82) is 0 Å². The van der Waals surface area contributed by atoms with Gasteiger partial charge in [-0.1, -0.05) is 54.2 Å². The normalized spacial score (nSPS) is 29.3. The van der Waals surface area contributed by atoms with Gasteiger partial charge in [-0.3, -0.25) is 0 Å². The van der Waals surface area contributed by atoms with Crippen molar-refractivity contribution in [2.24, 2.45) is 17.3 Å². The highest BCUT2D eigenvalue weighted by atomic mass is 33.1. The van der Waals surface area contributed by atoms with E-state index >= 15 is 0 Å². The van der Waals surface area contributed by atoms with E-state index in [1.807, 2.05) is 6.07 Å². The van der Waals surface area contributed by atoms with E-state index in [1.54, 1.807) is 18.2 Å². The Morgan fingerprint density at radius 1 is 0.852 bits per heavy atom. The van der Waals surface area contributed by atoms with Crippen molar-refractivity contribution in [2.75, 3.05) is 33.1 Å². The lowest BCUT2D eigenvalue weighted by atomic mass is 9.83. The van der Waals surface area contributed by atoms with Gasteiger partial charge in [0.1, 0.15) is 6.79 Å². The molecule has 3 aliphatic rings. The van der Waals surface area contributed by atoms with Crippen LogP contribution in [0.4, 0.5) is 0 Å². The summed E-state index contributed by atoms with van der Waals surface area (Å²) in [5.41, 5.74) is 2.78. The van der Waals surface area contributed by atoms with E-state index in [2.05, 4.69) is 6.92 Å². The Labute approximate surface area is 328 Å². The predicted octanol–water partition coefficient (Wildman–Crippen LogP) is 6.79. The smallest absolute Gasteiger partial charge is 0.200 e. The first-order valence-electron chi connectivity index (χ1n) is 19.8. The lowest BCUT2D eigenvalue weighted by Crippen LogP contribution is -2.38. The van der Waals surface area contributed by atoms with Crippen LogP contribution in [-0.2, 0) is 17.6 Å². The number of methoxy groups -OCH3 is 1. The molecule has 2 fully saturated rings. The molecule has 7 N–H and O–H groups in total. The molecular weight excluding hydrogens is 733 g/mol. The third-order valence-corrected chi connectivity index (χ3v) is 14.8. The third-order valence-electron chi connectivity index (χ3n) is 11.9. The highest BCUT2D eigenvalue weighted by Gasteiger charge is 2.45. The second kappa shape index (κ2) is 20.9. The molecule has 13 heteroatoms. The van der Waals surface area contributed by atoms with Crippen molar-refractivity contribution < 1.29 is 54.7 Å². The maximum Gasteiger partial charge on any atom is 0.200 e. The van der Waals surface area contributed by atoms with Crippen molar-refractivity contribution in [2.45, 2.75) is 133 Å². The third kappa shape index (κ3) is 11.3. The molecule has 1 spiro atoms. The highest BCUT2D eigenvalue weighted by Crippen LogP contribution is 2.55. The number of rotatable bonds is 15. The van der Waals surface area contributed by atoms with Crippen LogP contribution in [0.15, 0.2) is 24.3 Å². The van der Waals surface area contributed by atoms with Crippen LogP contribution < -0.4 is 14.2 Å². The Kier molecular flexibility index (Phi) is 16.6. The van der Waals surface area contributed by atoms with Crippen LogP contribution in [0.25, 0.3) is 0 Å². The van der Waals surface area contributed by atoms with Gasteiger partial charge in [0.2, 0.25) is 5.75 Å². The van der Waals surface area contributed by atoms with Crippen LogP contribution in [-0.4, -0.2) is 93.2 Å². The van der Waals surface area contributed by atoms with Crippen LogP contribution >= 0.6 is 21.6 Å². The average molecular weight is 795 g/mol. The van der Waals surface area contributed by atoms with Crippen molar-refractivity contribution in [3.8, 4) is 28.7 Å². The zero-order valence-electron chi connectivity index (χ0n) is 31.9. The Morgan fingerprint density at radius 3 is 2.39 bits per heavy atom. The molecule has 1 aliphatic heterocycles. The first-order valence-corrected chi connectivity index (χ1v) is 22.1. The monoisotopic (exact) mass is 794 g/mol. The van der Waals surface area contributed by atoms with Gasteiger partial charge in [-0.2, -0.15) is 0 Å².